The van der Waals surface area contributed by atoms with Crippen LogP contribution in [0.1, 0.15) is 115 Å². The van der Waals surface area contributed by atoms with E-state index in [2.05, 4.69) is 13.8 Å². The molecular formula is C42H54CaO10S2. The minimum atomic E-state index is -4.70. The summed E-state index contributed by atoms with van der Waals surface area (Å²) in [4.78, 5) is -0.985. The van der Waals surface area contributed by atoms with Crippen LogP contribution in [0.15, 0.2) is 94.7 Å². The van der Waals surface area contributed by atoms with Crippen LogP contribution >= 0.6 is 0 Å². The molecule has 0 spiro atoms. The summed E-state index contributed by atoms with van der Waals surface area (Å²) >= 11 is 0. The molecule has 4 aromatic rings. The van der Waals surface area contributed by atoms with Crippen LogP contribution in [-0.4, -0.2) is 68.8 Å². The Labute approximate surface area is 357 Å². The van der Waals surface area contributed by atoms with Crippen LogP contribution in [-0.2, 0) is 33.1 Å². The number of rotatable bonds is 22. The summed E-state index contributed by atoms with van der Waals surface area (Å²) in [6, 6.07) is 21.6. The number of ether oxygens (including phenoxy) is 2. The fourth-order valence-electron chi connectivity index (χ4n) is 5.89. The molecule has 0 heterocycles. The molecule has 0 atom stereocenters. The van der Waals surface area contributed by atoms with Crippen molar-refractivity contribution in [1.29, 1.82) is 0 Å². The van der Waals surface area contributed by atoms with Gasteiger partial charge in [-0.1, -0.05) is 121 Å². The number of benzene rings is 4. The summed E-state index contributed by atoms with van der Waals surface area (Å²) < 4.78 is 76.3. The minimum Gasteiger partial charge on any atom is -0.872 e. The van der Waals surface area contributed by atoms with Gasteiger partial charge in [0.2, 0.25) is 0 Å². The van der Waals surface area contributed by atoms with Gasteiger partial charge < -0.3 is 24.2 Å². The second kappa shape index (κ2) is 25.4. The topological polar surface area (TPSA) is 173 Å². The van der Waals surface area contributed by atoms with Crippen molar-refractivity contribution < 1.29 is 45.6 Å². The molecule has 0 bridgehead atoms. The van der Waals surface area contributed by atoms with Crippen molar-refractivity contribution in [1.82, 2.24) is 0 Å². The van der Waals surface area contributed by atoms with Gasteiger partial charge in [0.15, 0.2) is 0 Å². The molecule has 0 aliphatic heterocycles. The SMILES string of the molecule is CCCCCCCCCc1cccc(Oc2cc(O)cc(S(=O)(=O)O)c2)c1.CCCCCCCCCc1cccc(Oc2cc([O-])cc(S(=O)(=O)[O-])c2)c1.[Ca+2]. The van der Waals surface area contributed by atoms with E-state index in [1.54, 1.807) is 12.1 Å². The van der Waals surface area contributed by atoms with E-state index in [0.29, 0.717) is 11.5 Å². The number of hydrogen-bond donors (Lipinski definition) is 2. The van der Waals surface area contributed by atoms with Gasteiger partial charge in [-0.25, -0.2) is 8.42 Å². The van der Waals surface area contributed by atoms with Gasteiger partial charge in [-0.15, -0.1) is 5.75 Å². The summed E-state index contributed by atoms with van der Waals surface area (Å²) in [5, 5.41) is 21.3. The van der Waals surface area contributed by atoms with Gasteiger partial charge in [0.05, 0.1) is 4.90 Å². The van der Waals surface area contributed by atoms with Gasteiger partial charge in [-0.05, 0) is 73.2 Å². The van der Waals surface area contributed by atoms with Crippen molar-refractivity contribution in [2.75, 3.05) is 0 Å². The molecule has 0 aliphatic rings. The maximum Gasteiger partial charge on any atom is 2.00 e. The van der Waals surface area contributed by atoms with Gasteiger partial charge in [-0.3, -0.25) is 4.55 Å². The smallest absolute Gasteiger partial charge is 0.872 e. The largest absolute Gasteiger partial charge is 2.00 e. The summed E-state index contributed by atoms with van der Waals surface area (Å²) in [5.41, 5.74) is 2.27. The standard InChI is InChI=1S/2C21H28O5S.Ca/c2*1-2-3-4-5-6-7-8-10-17-11-9-12-19(13-17)26-20-14-18(22)15-21(16-20)27(23,24)25;/h2*9,11-16,22H,2-8,10H2,1H3,(H,23,24,25);/q;;+2/p-2. The van der Waals surface area contributed by atoms with Gasteiger partial charge in [-0.2, -0.15) is 8.42 Å². The Morgan fingerprint density at radius 3 is 1.44 bits per heavy atom. The van der Waals surface area contributed by atoms with E-state index in [-0.39, 0.29) is 55.0 Å². The molecule has 0 amide bonds. The van der Waals surface area contributed by atoms with Gasteiger partial charge in [0.1, 0.15) is 43.8 Å². The molecular weight excluding hydrogens is 769 g/mol. The first-order valence-corrected chi connectivity index (χ1v) is 21.7. The first-order chi connectivity index (χ1) is 25.8. The Morgan fingerprint density at radius 2 is 0.982 bits per heavy atom. The molecule has 4 aromatic carbocycles. The summed E-state index contributed by atoms with van der Waals surface area (Å²) in [5.74, 6) is 0.388. The van der Waals surface area contributed by atoms with E-state index in [0.717, 1.165) is 61.1 Å². The maximum atomic E-state index is 11.6. The minimum absolute atomic E-state index is 0. The molecule has 0 saturated heterocycles. The van der Waals surface area contributed by atoms with E-state index in [9.17, 15) is 31.6 Å². The molecule has 10 nitrogen and oxygen atoms in total. The van der Waals surface area contributed by atoms with E-state index in [1.807, 2.05) is 36.4 Å². The second-order valence-corrected chi connectivity index (χ2v) is 16.3. The predicted octanol–water partition coefficient (Wildman–Crippen LogP) is 10.1. The molecule has 0 aliphatic carbocycles. The third kappa shape index (κ3) is 19.7. The molecule has 296 valence electrons. The molecule has 0 radical (unpaired) electrons. The van der Waals surface area contributed by atoms with E-state index in [4.69, 9.17) is 14.0 Å². The van der Waals surface area contributed by atoms with Gasteiger partial charge in [0.25, 0.3) is 10.1 Å². The number of phenolic OH excluding ortho intramolecular Hbond substituents is 1. The molecule has 0 fully saturated rings. The molecule has 4 rings (SSSR count). The van der Waals surface area contributed by atoms with Crippen molar-refractivity contribution in [2.45, 2.75) is 126 Å². The van der Waals surface area contributed by atoms with Crippen LogP contribution in [0.2, 0.25) is 0 Å². The Balaban J connectivity index is 0.000000373. The number of aromatic hydroxyl groups is 1. The van der Waals surface area contributed by atoms with Gasteiger partial charge >= 0.3 is 37.7 Å². The predicted molar refractivity (Wildman–Crippen MR) is 214 cm³/mol. The van der Waals surface area contributed by atoms with Crippen molar-refractivity contribution >= 4 is 58.0 Å². The van der Waals surface area contributed by atoms with Gasteiger partial charge in [0, 0.05) is 18.2 Å². The monoisotopic (exact) mass is 822 g/mol. The van der Waals surface area contributed by atoms with E-state index >= 15 is 0 Å². The Bertz CT molecular complexity index is 1810. The maximum absolute atomic E-state index is 11.6. The second-order valence-electron chi connectivity index (χ2n) is 13.5. The van der Waals surface area contributed by atoms with Crippen LogP contribution < -0.4 is 14.6 Å². The summed E-state index contributed by atoms with van der Waals surface area (Å²) in [6.07, 6.45) is 19.4. The van der Waals surface area contributed by atoms with E-state index in [1.165, 1.54) is 89.2 Å². The van der Waals surface area contributed by atoms with Crippen molar-refractivity contribution in [3.63, 3.8) is 0 Å². The Kier molecular flexibility index (Phi) is 22.3. The molecule has 0 unspecified atom stereocenters. The Hall–Kier alpha value is -2.84. The number of hydrogen-bond acceptors (Lipinski definition) is 9. The fourth-order valence-corrected chi connectivity index (χ4v) is 6.94. The Morgan fingerprint density at radius 1 is 0.545 bits per heavy atom. The normalized spacial score (nSPS) is 11.3. The average molecular weight is 823 g/mol. The number of phenols is 1. The number of aryl methyl sites for hydroxylation is 2. The van der Waals surface area contributed by atoms with Crippen LogP contribution in [0.25, 0.3) is 0 Å². The molecule has 55 heavy (non-hydrogen) atoms. The zero-order valence-corrected chi connectivity index (χ0v) is 35.9. The fraction of sp³-hybridized carbons (Fsp3) is 0.429. The van der Waals surface area contributed by atoms with Crippen molar-refractivity contribution in [3.8, 4) is 34.5 Å². The van der Waals surface area contributed by atoms with Crippen LogP contribution in [0.3, 0.4) is 0 Å². The van der Waals surface area contributed by atoms with Crippen LogP contribution in [0, 0.1) is 0 Å². The summed E-state index contributed by atoms with van der Waals surface area (Å²) in [7, 11) is -9.11. The van der Waals surface area contributed by atoms with Crippen molar-refractivity contribution in [2.24, 2.45) is 0 Å². The first kappa shape index (κ1) is 48.3. The zero-order chi connectivity index (χ0) is 39.4. The van der Waals surface area contributed by atoms with Crippen LogP contribution in [0.4, 0.5) is 0 Å². The third-order valence-corrected chi connectivity index (χ3v) is 10.4. The number of unbranched alkanes of at least 4 members (excludes halogenated alkanes) is 12. The molecule has 0 saturated carbocycles. The summed E-state index contributed by atoms with van der Waals surface area (Å²) in [6.45, 7) is 4.43. The quantitative estimate of drug-likeness (QED) is 0.0441. The van der Waals surface area contributed by atoms with Crippen molar-refractivity contribution in [3.05, 3.63) is 96.1 Å². The van der Waals surface area contributed by atoms with Crippen LogP contribution in [0.5, 0.6) is 34.5 Å². The molecule has 2 N–H and O–H groups in total. The first-order valence-electron chi connectivity index (χ1n) is 18.9. The zero-order valence-electron chi connectivity index (χ0n) is 32.1. The third-order valence-electron chi connectivity index (χ3n) is 8.71. The molecule has 0 aromatic heterocycles. The van der Waals surface area contributed by atoms with E-state index < -0.39 is 35.8 Å². The average Bonchev–Trinajstić information content (AvgIpc) is 3.10. The molecule has 13 heteroatoms.